The number of rotatable bonds is 5. The number of piperidine rings is 1. The summed E-state index contributed by atoms with van der Waals surface area (Å²) in [6.45, 7) is 1.79. The molecule has 0 radical (unpaired) electrons. The first kappa shape index (κ1) is 21.4. The summed E-state index contributed by atoms with van der Waals surface area (Å²) in [5.41, 5.74) is -0.726. The molecule has 0 bridgehead atoms. The Morgan fingerprint density at radius 1 is 1.24 bits per heavy atom. The molecule has 1 atom stereocenters. The number of nitrogens with one attached hydrogen (secondary N) is 1. The van der Waals surface area contributed by atoms with E-state index in [0.717, 1.165) is 25.9 Å². The fourth-order valence-electron chi connectivity index (χ4n) is 3.46. The average Bonchev–Trinajstić information content (AvgIpc) is 2.65. The van der Waals surface area contributed by atoms with Gasteiger partial charge in [-0.15, -0.1) is 0 Å². The first-order chi connectivity index (χ1) is 13.7. The van der Waals surface area contributed by atoms with Gasteiger partial charge in [-0.1, -0.05) is 41.9 Å². The highest BCUT2D eigenvalue weighted by atomic mass is 35.5. The van der Waals surface area contributed by atoms with E-state index in [1.807, 2.05) is 30.3 Å². The van der Waals surface area contributed by atoms with Crippen molar-refractivity contribution in [2.24, 2.45) is 0 Å². The Labute approximate surface area is 171 Å². The van der Waals surface area contributed by atoms with Crippen LogP contribution in [-0.2, 0) is 24.1 Å². The summed E-state index contributed by atoms with van der Waals surface area (Å²) in [5, 5.41) is 2.25. The molecule has 0 spiro atoms. The largest absolute Gasteiger partial charge is 0.417 e. The van der Waals surface area contributed by atoms with Gasteiger partial charge in [0.05, 0.1) is 5.56 Å². The van der Waals surface area contributed by atoms with Crippen molar-refractivity contribution in [1.82, 2.24) is 14.8 Å². The summed E-state index contributed by atoms with van der Waals surface area (Å²) >= 11 is 5.62. The fraction of sp³-hybridized carbons (Fsp3) is 0.400. The Bertz CT molecular complexity index is 915. The van der Waals surface area contributed by atoms with Crippen molar-refractivity contribution in [1.29, 1.82) is 0 Å². The molecule has 2 heterocycles. The van der Waals surface area contributed by atoms with Gasteiger partial charge in [0, 0.05) is 25.3 Å². The van der Waals surface area contributed by atoms with E-state index in [9.17, 15) is 22.8 Å². The minimum Gasteiger partial charge on any atom is -0.351 e. The van der Waals surface area contributed by atoms with Crippen molar-refractivity contribution in [3.05, 3.63) is 69.1 Å². The Hall–Kier alpha value is -2.32. The maximum Gasteiger partial charge on any atom is 0.417 e. The Morgan fingerprint density at radius 3 is 2.66 bits per heavy atom. The SMILES string of the molecule is O=C(Cn1cc(C(F)(F)F)cc(Cl)c1=O)NC1CCCN(Cc2ccccc2)C1. The van der Waals surface area contributed by atoms with Crippen LogP contribution in [-0.4, -0.2) is 34.5 Å². The maximum absolute atomic E-state index is 12.9. The van der Waals surface area contributed by atoms with Crippen molar-refractivity contribution in [2.75, 3.05) is 13.1 Å². The lowest BCUT2D eigenvalue weighted by Crippen LogP contribution is -2.48. The number of hydrogen-bond donors (Lipinski definition) is 1. The molecule has 1 aliphatic heterocycles. The number of aromatic nitrogens is 1. The van der Waals surface area contributed by atoms with Crippen LogP contribution in [0.15, 0.2) is 47.4 Å². The summed E-state index contributed by atoms with van der Waals surface area (Å²) in [4.78, 5) is 26.6. The summed E-state index contributed by atoms with van der Waals surface area (Å²) in [6, 6.07) is 10.4. The zero-order valence-corrected chi connectivity index (χ0v) is 16.3. The lowest BCUT2D eigenvalue weighted by Gasteiger charge is -2.33. The van der Waals surface area contributed by atoms with E-state index in [1.54, 1.807) is 0 Å². The van der Waals surface area contributed by atoms with E-state index in [0.29, 0.717) is 23.4 Å². The maximum atomic E-state index is 12.9. The van der Waals surface area contributed by atoms with E-state index in [4.69, 9.17) is 11.6 Å². The van der Waals surface area contributed by atoms with Crippen LogP contribution in [0.2, 0.25) is 5.02 Å². The highest BCUT2D eigenvalue weighted by molar-refractivity contribution is 6.30. The van der Waals surface area contributed by atoms with Gasteiger partial charge in [0.25, 0.3) is 5.56 Å². The summed E-state index contributed by atoms with van der Waals surface area (Å²) in [6.07, 6.45) is -2.37. The molecule has 5 nitrogen and oxygen atoms in total. The molecule has 1 amide bonds. The van der Waals surface area contributed by atoms with E-state index in [1.165, 1.54) is 5.56 Å². The second-order valence-corrected chi connectivity index (χ2v) is 7.54. The number of carbonyl (C=O) groups excluding carboxylic acids is 1. The molecule has 3 rings (SSSR count). The molecule has 1 aromatic heterocycles. The highest BCUT2D eigenvalue weighted by Gasteiger charge is 2.32. The van der Waals surface area contributed by atoms with Gasteiger partial charge in [-0.25, -0.2) is 0 Å². The van der Waals surface area contributed by atoms with E-state index >= 15 is 0 Å². The van der Waals surface area contributed by atoms with Crippen LogP contribution in [0.4, 0.5) is 13.2 Å². The monoisotopic (exact) mass is 427 g/mol. The number of alkyl halides is 3. The van der Waals surface area contributed by atoms with Gasteiger partial charge < -0.3 is 9.88 Å². The lowest BCUT2D eigenvalue weighted by atomic mass is 10.0. The molecule has 156 valence electrons. The summed E-state index contributed by atoms with van der Waals surface area (Å²) in [5.74, 6) is -0.519. The number of pyridine rings is 1. The number of halogens is 4. The topological polar surface area (TPSA) is 54.3 Å². The Kier molecular flexibility index (Phi) is 6.64. The van der Waals surface area contributed by atoms with Gasteiger partial charge in [-0.3, -0.25) is 14.5 Å². The molecule has 0 aliphatic carbocycles. The average molecular weight is 428 g/mol. The number of hydrogen-bond acceptors (Lipinski definition) is 3. The summed E-state index contributed by atoms with van der Waals surface area (Å²) in [7, 11) is 0. The standard InChI is InChI=1S/C20H21ClF3N3O2/c21-17-9-15(20(22,23)24)11-27(19(17)29)13-18(28)25-16-7-4-8-26(12-16)10-14-5-2-1-3-6-14/h1-3,5-6,9,11,16H,4,7-8,10,12-13H2,(H,25,28). The molecule has 1 N–H and O–H groups in total. The first-order valence-corrected chi connectivity index (χ1v) is 9.63. The molecular formula is C20H21ClF3N3O2. The van der Waals surface area contributed by atoms with Crippen molar-refractivity contribution >= 4 is 17.5 Å². The molecule has 1 aliphatic rings. The summed E-state index contributed by atoms with van der Waals surface area (Å²) < 4.78 is 39.5. The second-order valence-electron chi connectivity index (χ2n) is 7.13. The number of likely N-dealkylation sites (tertiary alicyclic amines) is 1. The van der Waals surface area contributed by atoms with Crippen molar-refractivity contribution in [3.63, 3.8) is 0 Å². The van der Waals surface area contributed by atoms with Gasteiger partial charge in [-0.05, 0) is 31.0 Å². The van der Waals surface area contributed by atoms with E-state index < -0.39 is 34.8 Å². The Balaban J connectivity index is 1.62. The molecule has 1 unspecified atom stereocenters. The molecular weight excluding hydrogens is 407 g/mol. The van der Waals surface area contributed by atoms with Crippen molar-refractivity contribution in [3.8, 4) is 0 Å². The van der Waals surface area contributed by atoms with E-state index in [-0.39, 0.29) is 6.04 Å². The Morgan fingerprint density at radius 2 is 1.97 bits per heavy atom. The predicted molar refractivity (Wildman–Crippen MR) is 104 cm³/mol. The minimum atomic E-state index is -4.66. The molecule has 0 saturated carbocycles. The molecule has 1 fully saturated rings. The predicted octanol–water partition coefficient (Wildman–Crippen LogP) is 3.30. The molecule has 9 heteroatoms. The van der Waals surface area contributed by atoms with E-state index in [2.05, 4.69) is 10.2 Å². The van der Waals surface area contributed by atoms with Crippen molar-refractivity contribution in [2.45, 2.75) is 38.1 Å². The quantitative estimate of drug-likeness (QED) is 0.796. The normalized spacial score (nSPS) is 17.9. The van der Waals surface area contributed by atoms with Gasteiger partial charge in [0.15, 0.2) is 0 Å². The van der Waals surface area contributed by atoms with Crippen LogP contribution in [0.1, 0.15) is 24.0 Å². The van der Waals surface area contributed by atoms with Crippen LogP contribution in [0, 0.1) is 0 Å². The molecule has 1 aromatic carbocycles. The molecule has 29 heavy (non-hydrogen) atoms. The zero-order valence-electron chi connectivity index (χ0n) is 15.6. The van der Waals surface area contributed by atoms with Gasteiger partial charge in [-0.2, -0.15) is 13.2 Å². The number of benzene rings is 1. The van der Waals surface area contributed by atoms with Crippen LogP contribution in [0.3, 0.4) is 0 Å². The smallest absolute Gasteiger partial charge is 0.351 e. The zero-order chi connectivity index (χ0) is 21.0. The van der Waals surface area contributed by atoms with Crippen LogP contribution >= 0.6 is 11.6 Å². The number of amides is 1. The first-order valence-electron chi connectivity index (χ1n) is 9.25. The minimum absolute atomic E-state index is 0.128. The second kappa shape index (κ2) is 9.00. The third-order valence-corrected chi connectivity index (χ3v) is 5.07. The molecule has 1 saturated heterocycles. The van der Waals surface area contributed by atoms with Crippen LogP contribution < -0.4 is 10.9 Å². The third kappa shape index (κ3) is 5.83. The van der Waals surface area contributed by atoms with Gasteiger partial charge in [0.2, 0.25) is 5.91 Å². The third-order valence-electron chi connectivity index (χ3n) is 4.80. The van der Waals surface area contributed by atoms with Crippen molar-refractivity contribution < 1.29 is 18.0 Å². The lowest BCUT2D eigenvalue weighted by molar-refractivity contribution is -0.138. The highest BCUT2D eigenvalue weighted by Crippen LogP contribution is 2.29. The van der Waals surface area contributed by atoms with Gasteiger partial charge in [0.1, 0.15) is 11.6 Å². The van der Waals surface area contributed by atoms with Crippen LogP contribution in [0.25, 0.3) is 0 Å². The molecule has 2 aromatic rings. The number of nitrogens with zero attached hydrogens (tertiary/aromatic N) is 2. The number of carbonyl (C=O) groups is 1. The van der Waals surface area contributed by atoms with Gasteiger partial charge >= 0.3 is 6.18 Å². The fourth-order valence-corrected chi connectivity index (χ4v) is 3.68. The van der Waals surface area contributed by atoms with Crippen LogP contribution in [0.5, 0.6) is 0 Å².